The molecular formula is C18H18N4O3. The molecule has 2 atom stereocenters. The maximum atomic E-state index is 12.5. The highest BCUT2D eigenvalue weighted by molar-refractivity contribution is 6.07. The largest absolute Gasteiger partial charge is 0.360 e. The molecule has 3 heterocycles. The normalized spacial score (nSPS) is 19.6. The first-order chi connectivity index (χ1) is 11.9. The average Bonchev–Trinajstić information content (AvgIpc) is 3.15. The van der Waals surface area contributed by atoms with Crippen molar-refractivity contribution in [3.05, 3.63) is 47.3 Å². The van der Waals surface area contributed by atoms with Gasteiger partial charge in [-0.2, -0.15) is 0 Å². The van der Waals surface area contributed by atoms with Crippen molar-refractivity contribution in [2.45, 2.75) is 32.9 Å². The number of aromatic nitrogens is 2. The lowest BCUT2D eigenvalue weighted by Crippen LogP contribution is -2.44. The van der Waals surface area contributed by atoms with Gasteiger partial charge >= 0.3 is 0 Å². The second-order valence-electron chi connectivity index (χ2n) is 6.45. The van der Waals surface area contributed by atoms with E-state index in [2.05, 4.69) is 22.7 Å². The average molecular weight is 338 g/mol. The Bertz CT molecular complexity index is 1000. The van der Waals surface area contributed by atoms with Crippen LogP contribution in [0.5, 0.6) is 0 Å². The van der Waals surface area contributed by atoms with Gasteiger partial charge in [0.25, 0.3) is 11.8 Å². The molecule has 0 saturated heterocycles. The number of fused-ring (bicyclic) bond motifs is 3. The van der Waals surface area contributed by atoms with Crippen molar-refractivity contribution in [1.29, 1.82) is 0 Å². The molecule has 0 unspecified atom stereocenters. The minimum atomic E-state index is -0.272. The van der Waals surface area contributed by atoms with Crippen LogP contribution < -0.4 is 10.6 Å². The summed E-state index contributed by atoms with van der Waals surface area (Å²) in [6, 6.07) is 9.03. The molecular weight excluding hydrogens is 320 g/mol. The number of rotatable bonds is 2. The van der Waals surface area contributed by atoms with Gasteiger partial charge in [0, 0.05) is 28.6 Å². The smallest absolute Gasteiger partial charge is 0.268 e. The predicted molar refractivity (Wildman–Crippen MR) is 92.8 cm³/mol. The van der Waals surface area contributed by atoms with Crippen molar-refractivity contribution in [2.24, 2.45) is 0 Å². The van der Waals surface area contributed by atoms with E-state index < -0.39 is 0 Å². The zero-order valence-electron chi connectivity index (χ0n) is 14.2. The molecule has 2 amide bonds. The molecule has 3 aromatic rings. The van der Waals surface area contributed by atoms with Crippen LogP contribution in [0, 0.1) is 6.92 Å². The minimum Gasteiger partial charge on any atom is -0.360 e. The Morgan fingerprint density at radius 3 is 2.80 bits per heavy atom. The predicted octanol–water partition coefficient (Wildman–Crippen LogP) is 2.88. The monoisotopic (exact) mass is 338 g/mol. The van der Waals surface area contributed by atoms with Crippen LogP contribution in [0.1, 0.15) is 46.5 Å². The first-order valence-electron chi connectivity index (χ1n) is 8.14. The summed E-state index contributed by atoms with van der Waals surface area (Å²) in [4.78, 5) is 24.7. The molecule has 2 aromatic heterocycles. The minimum absolute atomic E-state index is 0.0196. The lowest BCUT2D eigenvalue weighted by molar-refractivity contribution is 0.0891. The number of benzene rings is 1. The zero-order valence-corrected chi connectivity index (χ0v) is 14.2. The molecule has 1 aliphatic heterocycles. The first kappa shape index (κ1) is 15.4. The Morgan fingerprint density at radius 1 is 1.28 bits per heavy atom. The molecule has 1 aliphatic rings. The van der Waals surface area contributed by atoms with E-state index in [4.69, 9.17) is 4.52 Å². The molecule has 128 valence electrons. The summed E-state index contributed by atoms with van der Waals surface area (Å²) < 4.78 is 6.95. The molecule has 7 nitrogen and oxygen atoms in total. The fourth-order valence-corrected chi connectivity index (χ4v) is 3.21. The van der Waals surface area contributed by atoms with E-state index in [9.17, 15) is 9.59 Å². The van der Waals surface area contributed by atoms with Crippen molar-refractivity contribution in [3.63, 3.8) is 0 Å². The van der Waals surface area contributed by atoms with Crippen LogP contribution in [0.4, 0.5) is 5.82 Å². The van der Waals surface area contributed by atoms with Gasteiger partial charge in [-0.3, -0.25) is 9.59 Å². The molecule has 7 heteroatoms. The Labute approximate surface area is 144 Å². The van der Waals surface area contributed by atoms with Crippen molar-refractivity contribution >= 4 is 28.5 Å². The third kappa shape index (κ3) is 2.48. The standard InChI is InChI=1S/C18H18N4O3/c1-9-6-16(21-25-9)20-17(23)13-5-4-12-7-15-18(24)19-10(2)11(3)22(15)14(12)8-13/h4-8,10-11H,1-3H3,(H,19,24)(H,20,21,23)/t10-,11+/m1/s1. The fraction of sp³-hybridized carbons (Fsp3) is 0.278. The van der Waals surface area contributed by atoms with Gasteiger partial charge in [0.05, 0.1) is 6.04 Å². The zero-order chi connectivity index (χ0) is 17.7. The van der Waals surface area contributed by atoms with Gasteiger partial charge in [0.1, 0.15) is 11.5 Å². The highest BCUT2D eigenvalue weighted by atomic mass is 16.5. The number of carbonyl (C=O) groups excluding carboxylic acids is 2. The molecule has 0 spiro atoms. The van der Waals surface area contributed by atoms with Crippen LogP contribution in [0.25, 0.3) is 10.9 Å². The highest BCUT2D eigenvalue weighted by Crippen LogP contribution is 2.30. The van der Waals surface area contributed by atoms with Crippen molar-refractivity contribution in [1.82, 2.24) is 15.0 Å². The fourth-order valence-electron chi connectivity index (χ4n) is 3.21. The number of nitrogens with zero attached hydrogens (tertiary/aromatic N) is 2. The quantitative estimate of drug-likeness (QED) is 0.752. The molecule has 2 N–H and O–H groups in total. The lowest BCUT2D eigenvalue weighted by atomic mass is 10.1. The van der Waals surface area contributed by atoms with Crippen LogP contribution in [0.15, 0.2) is 34.9 Å². The van der Waals surface area contributed by atoms with E-state index in [0.29, 0.717) is 22.8 Å². The summed E-state index contributed by atoms with van der Waals surface area (Å²) in [5.74, 6) is 0.638. The lowest BCUT2D eigenvalue weighted by Gasteiger charge is -2.30. The third-order valence-corrected chi connectivity index (χ3v) is 4.70. The second-order valence-corrected chi connectivity index (χ2v) is 6.45. The van der Waals surface area contributed by atoms with E-state index in [1.54, 1.807) is 19.1 Å². The molecule has 0 aliphatic carbocycles. The van der Waals surface area contributed by atoms with Crippen molar-refractivity contribution < 1.29 is 14.1 Å². The van der Waals surface area contributed by atoms with Crippen LogP contribution >= 0.6 is 0 Å². The third-order valence-electron chi connectivity index (χ3n) is 4.70. The number of carbonyl (C=O) groups is 2. The summed E-state index contributed by atoms with van der Waals surface area (Å²) in [7, 11) is 0. The van der Waals surface area contributed by atoms with Crippen molar-refractivity contribution in [2.75, 3.05) is 5.32 Å². The van der Waals surface area contributed by atoms with E-state index >= 15 is 0 Å². The van der Waals surface area contributed by atoms with Crippen LogP contribution in [-0.2, 0) is 0 Å². The van der Waals surface area contributed by atoms with Gasteiger partial charge in [-0.25, -0.2) is 0 Å². The van der Waals surface area contributed by atoms with E-state index in [-0.39, 0.29) is 23.9 Å². The summed E-state index contributed by atoms with van der Waals surface area (Å²) in [5, 5.41) is 10.4. The molecule has 25 heavy (non-hydrogen) atoms. The molecule has 0 saturated carbocycles. The molecule has 0 radical (unpaired) electrons. The topological polar surface area (TPSA) is 89.2 Å². The van der Waals surface area contributed by atoms with E-state index in [1.165, 1.54) is 0 Å². The molecule has 1 aromatic carbocycles. The van der Waals surface area contributed by atoms with Gasteiger partial charge in [-0.15, -0.1) is 0 Å². The van der Waals surface area contributed by atoms with Crippen LogP contribution in [0.2, 0.25) is 0 Å². The summed E-state index contributed by atoms with van der Waals surface area (Å²) >= 11 is 0. The number of hydrogen-bond donors (Lipinski definition) is 2. The molecule has 0 fully saturated rings. The van der Waals surface area contributed by atoms with Gasteiger partial charge in [-0.05, 0) is 39.0 Å². The maximum Gasteiger partial charge on any atom is 0.268 e. The Balaban J connectivity index is 1.75. The number of hydrogen-bond acceptors (Lipinski definition) is 4. The number of nitrogens with one attached hydrogen (secondary N) is 2. The number of anilines is 1. The van der Waals surface area contributed by atoms with Crippen molar-refractivity contribution in [3.8, 4) is 0 Å². The SMILES string of the molecule is Cc1cc(NC(=O)c2ccc3cc4n(c3c2)[C@@H](C)[C@@H](C)NC4=O)no1. The van der Waals surface area contributed by atoms with Crippen LogP contribution in [-0.4, -0.2) is 27.6 Å². The maximum absolute atomic E-state index is 12.5. The van der Waals surface area contributed by atoms with E-state index in [0.717, 1.165) is 10.9 Å². The van der Waals surface area contributed by atoms with E-state index in [1.807, 2.05) is 29.7 Å². The molecule has 0 bridgehead atoms. The second kappa shape index (κ2) is 5.47. The van der Waals surface area contributed by atoms with Crippen LogP contribution in [0.3, 0.4) is 0 Å². The number of aryl methyl sites for hydroxylation is 1. The van der Waals surface area contributed by atoms with Gasteiger partial charge < -0.3 is 19.7 Å². The number of amides is 2. The van der Waals surface area contributed by atoms with Gasteiger partial charge in [-0.1, -0.05) is 11.2 Å². The Hall–Kier alpha value is -3.09. The first-order valence-corrected chi connectivity index (χ1v) is 8.14. The van der Waals surface area contributed by atoms with Gasteiger partial charge in [0.15, 0.2) is 5.82 Å². The summed E-state index contributed by atoms with van der Waals surface area (Å²) in [5.41, 5.74) is 1.98. The summed E-state index contributed by atoms with van der Waals surface area (Å²) in [6.07, 6.45) is 0. The summed E-state index contributed by atoms with van der Waals surface area (Å²) in [6.45, 7) is 5.79. The Morgan fingerprint density at radius 2 is 2.08 bits per heavy atom. The Kier molecular flexibility index (Phi) is 3.38. The van der Waals surface area contributed by atoms with Gasteiger partial charge in [0.2, 0.25) is 0 Å². The highest BCUT2D eigenvalue weighted by Gasteiger charge is 2.29. The molecule has 4 rings (SSSR count).